The summed E-state index contributed by atoms with van der Waals surface area (Å²) in [4.78, 5) is 25.9. The van der Waals surface area contributed by atoms with Crippen LogP contribution in [0.1, 0.15) is 53.4 Å². The molecule has 1 rings (SSSR count). The number of carbonyl (C=O) groups is 2. The fourth-order valence-corrected chi connectivity index (χ4v) is 2.87. The Bertz CT molecular complexity index is 315. The van der Waals surface area contributed by atoms with Crippen molar-refractivity contribution >= 4 is 11.7 Å². The topological polar surface area (TPSA) is 49.4 Å². The van der Waals surface area contributed by atoms with Gasteiger partial charge in [0.05, 0.1) is 12.6 Å². The van der Waals surface area contributed by atoms with Crippen molar-refractivity contribution in [3.8, 4) is 0 Å². The lowest BCUT2D eigenvalue weighted by atomic mass is 9.99. The first-order valence-corrected chi connectivity index (χ1v) is 7.49. The molecule has 0 aromatic carbocycles. The molecule has 0 aromatic rings. The summed E-state index contributed by atoms with van der Waals surface area (Å²) in [5.41, 5.74) is 0. The standard InChI is InChI=1S/C15H28N2O2/c1-5-13-8-6-7-9-17(13)10-14(19)16-15(11(2)3)12(4)18/h11,13,15H,5-10H2,1-4H3,(H,16,19). The zero-order chi connectivity index (χ0) is 14.4. The molecule has 1 heterocycles. The maximum Gasteiger partial charge on any atom is 0.234 e. The Morgan fingerprint density at radius 2 is 2.00 bits per heavy atom. The largest absolute Gasteiger partial charge is 0.345 e. The van der Waals surface area contributed by atoms with Crippen molar-refractivity contribution in [1.29, 1.82) is 0 Å². The Labute approximate surface area is 116 Å². The van der Waals surface area contributed by atoms with E-state index in [0.29, 0.717) is 12.6 Å². The van der Waals surface area contributed by atoms with Gasteiger partial charge in [-0.3, -0.25) is 14.5 Å². The van der Waals surface area contributed by atoms with Crippen LogP contribution in [0.3, 0.4) is 0 Å². The van der Waals surface area contributed by atoms with Crippen LogP contribution in [0.5, 0.6) is 0 Å². The van der Waals surface area contributed by atoms with Crippen LogP contribution < -0.4 is 5.32 Å². The molecule has 0 aliphatic carbocycles. The van der Waals surface area contributed by atoms with E-state index in [1.807, 2.05) is 13.8 Å². The molecule has 0 bridgehead atoms. The first-order valence-electron chi connectivity index (χ1n) is 7.49. The fraction of sp³-hybridized carbons (Fsp3) is 0.867. The van der Waals surface area contributed by atoms with Gasteiger partial charge in [0.25, 0.3) is 0 Å². The molecular weight excluding hydrogens is 240 g/mol. The lowest BCUT2D eigenvalue weighted by molar-refractivity contribution is -0.129. The van der Waals surface area contributed by atoms with E-state index >= 15 is 0 Å². The van der Waals surface area contributed by atoms with Crippen LogP contribution >= 0.6 is 0 Å². The SMILES string of the molecule is CCC1CCCCN1CC(=O)NC(C(C)=O)C(C)C. The predicted octanol–water partition coefficient (Wildman–Crippen LogP) is 1.98. The number of Topliss-reactive ketones (excluding diaryl/α,β-unsaturated/α-hetero) is 1. The van der Waals surface area contributed by atoms with Gasteiger partial charge in [-0.25, -0.2) is 0 Å². The minimum Gasteiger partial charge on any atom is -0.345 e. The number of ketones is 1. The average molecular weight is 268 g/mol. The van der Waals surface area contributed by atoms with Crippen LogP contribution in [-0.2, 0) is 9.59 Å². The minimum atomic E-state index is -0.350. The van der Waals surface area contributed by atoms with Crippen molar-refractivity contribution in [3.05, 3.63) is 0 Å². The number of carbonyl (C=O) groups excluding carboxylic acids is 2. The summed E-state index contributed by atoms with van der Waals surface area (Å²) in [5.74, 6) is 0.160. The normalized spacial score (nSPS) is 22.3. The van der Waals surface area contributed by atoms with Gasteiger partial charge in [0.1, 0.15) is 0 Å². The second kappa shape index (κ2) is 7.63. The van der Waals surface area contributed by atoms with Gasteiger partial charge in [0.2, 0.25) is 5.91 Å². The molecule has 1 saturated heterocycles. The number of nitrogens with zero attached hydrogens (tertiary/aromatic N) is 1. The molecule has 1 fully saturated rings. The van der Waals surface area contributed by atoms with Crippen molar-refractivity contribution in [1.82, 2.24) is 10.2 Å². The second-order valence-corrected chi connectivity index (χ2v) is 5.93. The molecule has 110 valence electrons. The van der Waals surface area contributed by atoms with Crippen LogP contribution in [0.2, 0.25) is 0 Å². The average Bonchev–Trinajstić information content (AvgIpc) is 2.36. The smallest absolute Gasteiger partial charge is 0.234 e. The third-order valence-electron chi connectivity index (χ3n) is 3.99. The number of hydrogen-bond acceptors (Lipinski definition) is 3. The molecule has 1 amide bonds. The molecule has 0 saturated carbocycles. The molecule has 0 aromatic heterocycles. The number of piperidine rings is 1. The Balaban J connectivity index is 2.51. The Morgan fingerprint density at radius 3 is 2.53 bits per heavy atom. The molecule has 4 heteroatoms. The minimum absolute atomic E-state index is 0.0192. The van der Waals surface area contributed by atoms with Gasteiger partial charge in [-0.2, -0.15) is 0 Å². The van der Waals surface area contributed by atoms with Gasteiger partial charge in [0.15, 0.2) is 5.78 Å². The molecule has 0 spiro atoms. The van der Waals surface area contributed by atoms with Crippen molar-refractivity contribution in [2.45, 2.75) is 65.5 Å². The van der Waals surface area contributed by atoms with Gasteiger partial charge in [-0.1, -0.05) is 27.2 Å². The molecule has 1 aliphatic rings. The van der Waals surface area contributed by atoms with E-state index in [1.54, 1.807) is 6.92 Å². The van der Waals surface area contributed by atoms with Crippen LogP contribution in [0.15, 0.2) is 0 Å². The highest BCUT2D eigenvalue weighted by atomic mass is 16.2. The summed E-state index contributed by atoms with van der Waals surface area (Å²) in [6.45, 7) is 9.06. The zero-order valence-electron chi connectivity index (χ0n) is 12.7. The van der Waals surface area contributed by atoms with Crippen molar-refractivity contribution in [3.63, 3.8) is 0 Å². The molecule has 4 nitrogen and oxygen atoms in total. The van der Waals surface area contributed by atoms with Crippen LogP contribution in [0, 0.1) is 5.92 Å². The number of rotatable bonds is 6. The molecule has 1 N–H and O–H groups in total. The van der Waals surface area contributed by atoms with Crippen LogP contribution in [0.4, 0.5) is 0 Å². The summed E-state index contributed by atoms with van der Waals surface area (Å²) in [5, 5.41) is 2.88. The zero-order valence-corrected chi connectivity index (χ0v) is 12.7. The molecule has 2 atom stereocenters. The van der Waals surface area contributed by atoms with Gasteiger partial charge in [-0.05, 0) is 38.6 Å². The molecular formula is C15H28N2O2. The summed E-state index contributed by atoms with van der Waals surface area (Å²) < 4.78 is 0. The first kappa shape index (κ1) is 16.2. The van der Waals surface area contributed by atoms with Gasteiger partial charge in [-0.15, -0.1) is 0 Å². The number of hydrogen-bond donors (Lipinski definition) is 1. The lowest BCUT2D eigenvalue weighted by Crippen LogP contribution is -2.50. The summed E-state index contributed by atoms with van der Waals surface area (Å²) in [7, 11) is 0. The maximum absolute atomic E-state index is 12.1. The van der Waals surface area contributed by atoms with E-state index < -0.39 is 0 Å². The van der Waals surface area contributed by atoms with E-state index in [4.69, 9.17) is 0 Å². The van der Waals surface area contributed by atoms with Gasteiger partial charge >= 0.3 is 0 Å². The highest BCUT2D eigenvalue weighted by molar-refractivity contribution is 5.88. The predicted molar refractivity (Wildman–Crippen MR) is 77.0 cm³/mol. The Kier molecular flexibility index (Phi) is 6.49. The monoisotopic (exact) mass is 268 g/mol. The lowest BCUT2D eigenvalue weighted by Gasteiger charge is -2.35. The molecule has 1 aliphatic heterocycles. The first-order chi connectivity index (χ1) is 8.95. The van der Waals surface area contributed by atoms with Gasteiger partial charge in [0, 0.05) is 6.04 Å². The highest BCUT2D eigenvalue weighted by Crippen LogP contribution is 2.18. The molecule has 2 unspecified atom stereocenters. The van der Waals surface area contributed by atoms with E-state index in [-0.39, 0.29) is 23.7 Å². The van der Waals surface area contributed by atoms with E-state index in [9.17, 15) is 9.59 Å². The fourth-order valence-electron chi connectivity index (χ4n) is 2.87. The maximum atomic E-state index is 12.1. The van der Waals surface area contributed by atoms with Crippen LogP contribution in [-0.4, -0.2) is 41.8 Å². The van der Waals surface area contributed by atoms with Gasteiger partial charge < -0.3 is 5.32 Å². The van der Waals surface area contributed by atoms with E-state index in [2.05, 4.69) is 17.1 Å². The third-order valence-corrected chi connectivity index (χ3v) is 3.99. The summed E-state index contributed by atoms with van der Waals surface area (Å²) in [6, 6.07) is 0.173. The number of amides is 1. The third kappa shape index (κ3) is 4.94. The van der Waals surface area contributed by atoms with Crippen molar-refractivity contribution in [2.75, 3.05) is 13.1 Å². The quantitative estimate of drug-likeness (QED) is 0.801. The highest BCUT2D eigenvalue weighted by Gasteiger charge is 2.25. The number of nitrogens with one attached hydrogen (secondary N) is 1. The number of likely N-dealkylation sites (tertiary alicyclic amines) is 1. The van der Waals surface area contributed by atoms with Crippen molar-refractivity contribution in [2.24, 2.45) is 5.92 Å². The van der Waals surface area contributed by atoms with Crippen molar-refractivity contribution < 1.29 is 9.59 Å². The summed E-state index contributed by atoms with van der Waals surface area (Å²) in [6.07, 6.45) is 4.71. The Hall–Kier alpha value is -0.900. The molecule has 0 radical (unpaired) electrons. The summed E-state index contributed by atoms with van der Waals surface area (Å²) >= 11 is 0. The molecule has 19 heavy (non-hydrogen) atoms. The van der Waals surface area contributed by atoms with E-state index in [0.717, 1.165) is 13.0 Å². The van der Waals surface area contributed by atoms with E-state index in [1.165, 1.54) is 19.3 Å². The van der Waals surface area contributed by atoms with Crippen LogP contribution in [0.25, 0.3) is 0 Å². The second-order valence-electron chi connectivity index (χ2n) is 5.93. The Morgan fingerprint density at radius 1 is 1.32 bits per heavy atom.